The van der Waals surface area contributed by atoms with Gasteiger partial charge in [0, 0.05) is 37.3 Å². The van der Waals surface area contributed by atoms with Crippen molar-refractivity contribution < 1.29 is 9.59 Å². The topological polar surface area (TPSA) is 88.1 Å². The lowest BCUT2D eigenvalue weighted by atomic mass is 9.93. The Bertz CT molecular complexity index is 1040. The van der Waals surface area contributed by atoms with Gasteiger partial charge in [-0.2, -0.15) is 4.98 Å². The molecule has 144 valence electrons. The molecule has 0 saturated carbocycles. The second kappa shape index (κ2) is 7.63. The Hall–Kier alpha value is -2.87. The summed E-state index contributed by atoms with van der Waals surface area (Å²) in [5.41, 5.74) is 3.01. The average molecular weight is 395 g/mol. The summed E-state index contributed by atoms with van der Waals surface area (Å²) in [6, 6.07) is 9.56. The van der Waals surface area contributed by atoms with Crippen LogP contribution < -0.4 is 5.32 Å². The summed E-state index contributed by atoms with van der Waals surface area (Å²) >= 11 is 1.42. The fourth-order valence-corrected chi connectivity index (χ4v) is 4.32. The number of thiazole rings is 1. The van der Waals surface area contributed by atoms with Crippen LogP contribution in [-0.4, -0.2) is 44.8 Å². The van der Waals surface area contributed by atoms with Crippen LogP contribution >= 0.6 is 11.3 Å². The van der Waals surface area contributed by atoms with E-state index in [4.69, 9.17) is 4.98 Å². The van der Waals surface area contributed by atoms with Crippen LogP contribution in [0.5, 0.6) is 0 Å². The molecule has 0 unspecified atom stereocenters. The van der Waals surface area contributed by atoms with Gasteiger partial charge in [-0.05, 0) is 44.0 Å². The van der Waals surface area contributed by atoms with Crippen molar-refractivity contribution in [2.75, 3.05) is 18.4 Å². The van der Waals surface area contributed by atoms with Gasteiger partial charge in [0.1, 0.15) is 5.69 Å². The zero-order chi connectivity index (χ0) is 19.7. The molecule has 1 aliphatic rings. The Morgan fingerprint density at radius 2 is 1.89 bits per heavy atom. The van der Waals surface area contributed by atoms with Crippen molar-refractivity contribution in [1.29, 1.82) is 0 Å². The predicted molar refractivity (Wildman–Crippen MR) is 109 cm³/mol. The molecule has 3 aromatic heterocycles. The van der Waals surface area contributed by atoms with Crippen molar-refractivity contribution in [2.24, 2.45) is 0 Å². The van der Waals surface area contributed by atoms with Gasteiger partial charge in [-0.25, -0.2) is 9.97 Å². The van der Waals surface area contributed by atoms with Crippen LogP contribution in [0.25, 0.3) is 10.3 Å². The number of hydrogen-bond acceptors (Lipinski definition) is 6. The van der Waals surface area contributed by atoms with E-state index in [1.54, 1.807) is 6.07 Å². The third-order valence-electron chi connectivity index (χ3n) is 4.87. The predicted octanol–water partition coefficient (Wildman–Crippen LogP) is 3.37. The normalized spacial score (nSPS) is 15.0. The number of likely N-dealkylation sites (tertiary alicyclic amines) is 1. The number of nitrogens with zero attached hydrogens (tertiary/aromatic N) is 4. The monoisotopic (exact) mass is 395 g/mol. The summed E-state index contributed by atoms with van der Waals surface area (Å²) in [5, 5.41) is 3.28. The first-order valence-corrected chi connectivity index (χ1v) is 10.1. The van der Waals surface area contributed by atoms with E-state index in [1.165, 1.54) is 18.3 Å². The number of aromatic nitrogens is 3. The fourth-order valence-electron chi connectivity index (χ4n) is 3.47. The fraction of sp³-hybridized carbons (Fsp3) is 0.350. The number of fused-ring (bicyclic) bond motifs is 1. The molecule has 1 aliphatic heterocycles. The summed E-state index contributed by atoms with van der Waals surface area (Å²) < 4.78 is 0.950. The molecule has 2 amide bonds. The summed E-state index contributed by atoms with van der Waals surface area (Å²) in [5.74, 6) is 0.147. The van der Waals surface area contributed by atoms with Crippen LogP contribution in [-0.2, 0) is 4.79 Å². The number of anilines is 1. The number of piperidine rings is 1. The van der Waals surface area contributed by atoms with Crippen LogP contribution in [0.2, 0.25) is 0 Å². The Kier molecular flexibility index (Phi) is 5.04. The van der Waals surface area contributed by atoms with Gasteiger partial charge in [-0.1, -0.05) is 17.4 Å². The molecule has 28 heavy (non-hydrogen) atoms. The van der Waals surface area contributed by atoms with Crippen molar-refractivity contribution in [3.05, 3.63) is 47.4 Å². The first-order chi connectivity index (χ1) is 13.5. The molecule has 4 rings (SSSR count). The SMILES string of the molecule is CC(=O)Nc1nc2nc(C3CCN(C(=O)c4cccc(C)n4)CC3)ccc2s1. The van der Waals surface area contributed by atoms with Gasteiger partial charge >= 0.3 is 0 Å². The molecule has 8 heteroatoms. The van der Waals surface area contributed by atoms with Gasteiger partial charge in [0.15, 0.2) is 10.8 Å². The lowest BCUT2D eigenvalue weighted by Crippen LogP contribution is -2.38. The van der Waals surface area contributed by atoms with E-state index in [-0.39, 0.29) is 11.8 Å². The molecule has 1 N–H and O–H groups in total. The Labute approximate surface area is 166 Å². The number of carbonyl (C=O) groups is 2. The molecule has 4 heterocycles. The van der Waals surface area contributed by atoms with Crippen LogP contribution in [0.4, 0.5) is 5.13 Å². The van der Waals surface area contributed by atoms with Gasteiger partial charge in [0.2, 0.25) is 5.91 Å². The van der Waals surface area contributed by atoms with Crippen LogP contribution in [0.1, 0.15) is 47.6 Å². The first-order valence-electron chi connectivity index (χ1n) is 9.27. The molecule has 0 atom stereocenters. The van der Waals surface area contributed by atoms with Crippen molar-refractivity contribution in [3.8, 4) is 0 Å². The summed E-state index contributed by atoms with van der Waals surface area (Å²) in [6.07, 6.45) is 1.72. The number of carbonyl (C=O) groups excluding carboxylic acids is 2. The van der Waals surface area contributed by atoms with Crippen LogP contribution in [0.3, 0.4) is 0 Å². The number of hydrogen-bond donors (Lipinski definition) is 1. The average Bonchev–Trinajstić information content (AvgIpc) is 3.08. The van der Waals surface area contributed by atoms with Gasteiger partial charge in [-0.15, -0.1) is 0 Å². The highest BCUT2D eigenvalue weighted by Crippen LogP contribution is 2.31. The molecule has 3 aromatic rings. The molecule has 0 spiro atoms. The maximum Gasteiger partial charge on any atom is 0.272 e. The summed E-state index contributed by atoms with van der Waals surface area (Å²) in [6.45, 7) is 4.73. The molecule has 0 radical (unpaired) electrons. The second-order valence-electron chi connectivity index (χ2n) is 6.99. The zero-order valence-electron chi connectivity index (χ0n) is 15.8. The molecule has 1 saturated heterocycles. The smallest absolute Gasteiger partial charge is 0.272 e. The molecule has 7 nitrogen and oxygen atoms in total. The maximum atomic E-state index is 12.7. The van der Waals surface area contributed by atoms with Crippen LogP contribution in [0, 0.1) is 6.92 Å². The molecular weight excluding hydrogens is 374 g/mol. The van der Waals surface area contributed by atoms with E-state index in [2.05, 4.69) is 15.3 Å². The Morgan fingerprint density at radius 1 is 1.11 bits per heavy atom. The standard InChI is InChI=1S/C20H21N5O2S/c1-12-4-3-5-16(21-12)19(27)25-10-8-14(9-11-25)15-6-7-17-18(23-15)24-20(28-17)22-13(2)26/h3-7,14H,8-11H2,1-2H3,(H,22,23,24,26). The minimum Gasteiger partial charge on any atom is -0.337 e. The van der Waals surface area contributed by atoms with Gasteiger partial charge in [-0.3, -0.25) is 9.59 Å². The van der Waals surface area contributed by atoms with Gasteiger partial charge in [0.05, 0.1) is 4.70 Å². The van der Waals surface area contributed by atoms with Crippen molar-refractivity contribution in [3.63, 3.8) is 0 Å². The third kappa shape index (κ3) is 3.87. The van der Waals surface area contributed by atoms with E-state index in [1.807, 2.05) is 36.1 Å². The van der Waals surface area contributed by atoms with E-state index in [0.29, 0.717) is 35.5 Å². The van der Waals surface area contributed by atoms with E-state index in [0.717, 1.165) is 28.9 Å². The molecule has 1 fully saturated rings. The highest BCUT2D eigenvalue weighted by atomic mass is 32.1. The maximum absolute atomic E-state index is 12.7. The Balaban J connectivity index is 1.44. The van der Waals surface area contributed by atoms with Crippen molar-refractivity contribution in [1.82, 2.24) is 19.9 Å². The molecular formula is C20H21N5O2S. The number of pyridine rings is 2. The minimum atomic E-state index is -0.139. The Morgan fingerprint density at radius 3 is 2.61 bits per heavy atom. The largest absolute Gasteiger partial charge is 0.337 e. The quantitative estimate of drug-likeness (QED) is 0.735. The minimum absolute atomic E-state index is 0.00925. The highest BCUT2D eigenvalue weighted by Gasteiger charge is 2.26. The summed E-state index contributed by atoms with van der Waals surface area (Å²) in [4.78, 5) is 39.2. The summed E-state index contributed by atoms with van der Waals surface area (Å²) in [7, 11) is 0. The van der Waals surface area contributed by atoms with Crippen molar-refractivity contribution in [2.45, 2.75) is 32.6 Å². The zero-order valence-corrected chi connectivity index (χ0v) is 16.6. The third-order valence-corrected chi connectivity index (χ3v) is 5.79. The molecule has 0 aromatic carbocycles. The first kappa shape index (κ1) is 18.5. The van der Waals surface area contributed by atoms with E-state index >= 15 is 0 Å². The molecule has 0 aliphatic carbocycles. The van der Waals surface area contributed by atoms with E-state index in [9.17, 15) is 9.59 Å². The lowest BCUT2D eigenvalue weighted by Gasteiger charge is -2.31. The number of nitrogens with one attached hydrogen (secondary N) is 1. The van der Waals surface area contributed by atoms with Gasteiger partial charge < -0.3 is 10.2 Å². The van der Waals surface area contributed by atoms with Crippen LogP contribution in [0.15, 0.2) is 30.3 Å². The highest BCUT2D eigenvalue weighted by molar-refractivity contribution is 7.22. The molecule has 0 bridgehead atoms. The number of rotatable bonds is 3. The van der Waals surface area contributed by atoms with Gasteiger partial charge in [0.25, 0.3) is 5.91 Å². The van der Waals surface area contributed by atoms with Crippen molar-refractivity contribution >= 4 is 38.6 Å². The number of amides is 2. The second-order valence-corrected chi connectivity index (χ2v) is 8.02. The number of aryl methyl sites for hydroxylation is 1. The lowest BCUT2D eigenvalue weighted by molar-refractivity contribution is -0.114. The van der Waals surface area contributed by atoms with E-state index < -0.39 is 0 Å².